The molecule has 0 fully saturated rings. The number of nitrogens with one attached hydrogen (secondary N) is 1. The molecule has 0 heterocycles. The fourth-order valence-corrected chi connectivity index (χ4v) is 3.50. The Balaban J connectivity index is 2.04. The predicted octanol–water partition coefficient (Wildman–Crippen LogP) is 4.16. The fraction of sp³-hybridized carbons (Fsp3) is 0.174. The molecule has 3 aromatic rings. The van der Waals surface area contributed by atoms with Crippen molar-refractivity contribution in [2.24, 2.45) is 0 Å². The van der Waals surface area contributed by atoms with E-state index in [9.17, 15) is 4.79 Å². The van der Waals surface area contributed by atoms with Crippen LogP contribution in [0.2, 0.25) is 0 Å². The molecule has 25 heavy (non-hydrogen) atoms. The maximum Gasteiger partial charge on any atom is 0.207 e. The average Bonchev–Trinajstić information content (AvgIpc) is 2.68. The molecule has 2 nitrogen and oxygen atoms in total. The fourth-order valence-electron chi connectivity index (χ4n) is 3.50. The van der Waals surface area contributed by atoms with Crippen molar-refractivity contribution in [3.8, 4) is 0 Å². The highest BCUT2D eigenvalue weighted by Crippen LogP contribution is 2.32. The molecule has 3 rings (SSSR count). The summed E-state index contributed by atoms with van der Waals surface area (Å²) in [7, 11) is 0. The molecule has 0 aliphatic rings. The topological polar surface area (TPSA) is 29.1 Å². The van der Waals surface area contributed by atoms with E-state index in [4.69, 9.17) is 0 Å². The van der Waals surface area contributed by atoms with Gasteiger partial charge < -0.3 is 5.32 Å². The van der Waals surface area contributed by atoms with Crippen molar-refractivity contribution < 1.29 is 4.79 Å². The van der Waals surface area contributed by atoms with Crippen LogP contribution in [0.5, 0.6) is 0 Å². The minimum atomic E-state index is -0.190. The summed E-state index contributed by atoms with van der Waals surface area (Å²) in [5, 5.41) is 2.95. The van der Waals surface area contributed by atoms with Gasteiger partial charge in [0.15, 0.2) is 0 Å². The van der Waals surface area contributed by atoms with Gasteiger partial charge >= 0.3 is 0 Å². The molecule has 0 unspecified atom stereocenters. The molecular formula is C23H23NO. The zero-order valence-corrected chi connectivity index (χ0v) is 14.3. The Hall–Kier alpha value is -2.87. The van der Waals surface area contributed by atoms with Crippen LogP contribution in [-0.4, -0.2) is 13.0 Å². The van der Waals surface area contributed by atoms with Crippen LogP contribution < -0.4 is 5.32 Å². The molecule has 0 saturated carbocycles. The molecule has 3 aromatic carbocycles. The third kappa shape index (κ3) is 4.36. The Labute approximate surface area is 149 Å². The van der Waals surface area contributed by atoms with E-state index >= 15 is 0 Å². The standard InChI is InChI=1S/C23H23NO/c25-19-24-18-23(22-14-8-3-9-15-22,16-20-10-4-1-5-11-20)17-21-12-6-2-7-13-21/h1-15,19H,16-18H2,(H,24,25). The van der Waals surface area contributed by atoms with Crippen molar-refractivity contribution >= 4 is 6.41 Å². The van der Waals surface area contributed by atoms with Gasteiger partial charge in [0.05, 0.1) is 0 Å². The van der Waals surface area contributed by atoms with Gasteiger partial charge in [-0.1, -0.05) is 91.0 Å². The van der Waals surface area contributed by atoms with E-state index < -0.39 is 0 Å². The van der Waals surface area contributed by atoms with Crippen LogP contribution in [0, 0.1) is 0 Å². The van der Waals surface area contributed by atoms with Crippen LogP contribution in [0.4, 0.5) is 0 Å². The maximum absolute atomic E-state index is 11.1. The lowest BCUT2D eigenvalue weighted by molar-refractivity contribution is -0.109. The van der Waals surface area contributed by atoms with E-state index in [0.29, 0.717) is 6.54 Å². The average molecular weight is 329 g/mol. The highest BCUT2D eigenvalue weighted by molar-refractivity contribution is 5.47. The zero-order chi connectivity index (χ0) is 17.4. The molecule has 0 aliphatic carbocycles. The lowest BCUT2D eigenvalue weighted by atomic mass is 9.71. The Morgan fingerprint density at radius 1 is 0.680 bits per heavy atom. The minimum Gasteiger partial charge on any atom is -0.358 e. The number of hydrogen-bond donors (Lipinski definition) is 1. The SMILES string of the molecule is O=CNCC(Cc1ccccc1)(Cc1ccccc1)c1ccccc1. The van der Waals surface area contributed by atoms with E-state index in [0.717, 1.165) is 19.3 Å². The van der Waals surface area contributed by atoms with Gasteiger partial charge in [-0.15, -0.1) is 0 Å². The number of carbonyl (C=O) groups is 1. The molecule has 0 spiro atoms. The molecule has 0 radical (unpaired) electrons. The van der Waals surface area contributed by atoms with E-state index in [1.807, 2.05) is 18.2 Å². The van der Waals surface area contributed by atoms with Crippen molar-refractivity contribution in [2.75, 3.05) is 6.54 Å². The first-order valence-corrected chi connectivity index (χ1v) is 8.63. The van der Waals surface area contributed by atoms with E-state index in [-0.39, 0.29) is 5.41 Å². The highest BCUT2D eigenvalue weighted by Gasteiger charge is 2.32. The minimum absolute atomic E-state index is 0.190. The summed E-state index contributed by atoms with van der Waals surface area (Å²) in [6.07, 6.45) is 2.54. The second-order valence-electron chi connectivity index (χ2n) is 6.47. The molecule has 1 amide bonds. The van der Waals surface area contributed by atoms with Crippen molar-refractivity contribution in [3.05, 3.63) is 108 Å². The van der Waals surface area contributed by atoms with Gasteiger partial charge in [-0.2, -0.15) is 0 Å². The lowest BCUT2D eigenvalue weighted by Gasteiger charge is -2.35. The molecule has 2 heteroatoms. The molecule has 0 aliphatic heterocycles. The van der Waals surface area contributed by atoms with Crippen molar-refractivity contribution in [1.82, 2.24) is 5.32 Å². The number of rotatable bonds is 8. The van der Waals surface area contributed by atoms with E-state index in [2.05, 4.69) is 78.1 Å². The Morgan fingerprint density at radius 3 is 1.56 bits per heavy atom. The van der Waals surface area contributed by atoms with Gasteiger partial charge in [-0.3, -0.25) is 4.79 Å². The molecule has 0 bridgehead atoms. The molecule has 126 valence electrons. The van der Waals surface area contributed by atoms with Crippen molar-refractivity contribution in [1.29, 1.82) is 0 Å². The normalized spacial score (nSPS) is 11.0. The van der Waals surface area contributed by atoms with Crippen molar-refractivity contribution in [3.63, 3.8) is 0 Å². The van der Waals surface area contributed by atoms with Crippen LogP contribution in [0.1, 0.15) is 16.7 Å². The summed E-state index contributed by atoms with van der Waals surface area (Å²) < 4.78 is 0. The molecular weight excluding hydrogens is 306 g/mol. The molecule has 1 N–H and O–H groups in total. The third-order valence-electron chi connectivity index (χ3n) is 4.68. The summed E-state index contributed by atoms with van der Waals surface area (Å²) in [6, 6.07) is 31.5. The van der Waals surface area contributed by atoms with Crippen LogP contribution in [0.3, 0.4) is 0 Å². The number of carbonyl (C=O) groups excluding carboxylic acids is 1. The van der Waals surface area contributed by atoms with Gasteiger partial charge in [0, 0.05) is 12.0 Å². The Kier molecular flexibility index (Phi) is 5.63. The summed E-state index contributed by atoms with van der Waals surface area (Å²) in [4.78, 5) is 11.1. The molecule has 0 aromatic heterocycles. The summed E-state index contributed by atoms with van der Waals surface area (Å²) in [5.41, 5.74) is 3.60. The van der Waals surface area contributed by atoms with Crippen LogP contribution in [-0.2, 0) is 23.1 Å². The monoisotopic (exact) mass is 329 g/mol. The maximum atomic E-state index is 11.1. The summed E-state index contributed by atoms with van der Waals surface area (Å²) >= 11 is 0. The van der Waals surface area contributed by atoms with Crippen LogP contribution >= 0.6 is 0 Å². The van der Waals surface area contributed by atoms with Crippen LogP contribution in [0.25, 0.3) is 0 Å². The largest absolute Gasteiger partial charge is 0.358 e. The van der Waals surface area contributed by atoms with E-state index in [1.54, 1.807) is 0 Å². The molecule has 0 atom stereocenters. The van der Waals surface area contributed by atoms with Gasteiger partial charge in [0.1, 0.15) is 0 Å². The lowest BCUT2D eigenvalue weighted by Crippen LogP contribution is -2.41. The second kappa shape index (κ2) is 8.29. The Morgan fingerprint density at radius 2 is 1.12 bits per heavy atom. The zero-order valence-electron chi connectivity index (χ0n) is 14.3. The van der Waals surface area contributed by atoms with Gasteiger partial charge in [0.25, 0.3) is 0 Å². The summed E-state index contributed by atoms with van der Waals surface area (Å²) in [6.45, 7) is 0.601. The van der Waals surface area contributed by atoms with Gasteiger partial charge in [-0.05, 0) is 29.5 Å². The third-order valence-corrected chi connectivity index (χ3v) is 4.68. The Bertz CT molecular complexity index is 727. The highest BCUT2D eigenvalue weighted by atomic mass is 16.1. The first-order valence-electron chi connectivity index (χ1n) is 8.63. The van der Waals surface area contributed by atoms with Crippen LogP contribution in [0.15, 0.2) is 91.0 Å². The quantitative estimate of drug-likeness (QED) is 0.618. The number of hydrogen-bond acceptors (Lipinski definition) is 1. The molecule has 0 saturated heterocycles. The number of amides is 1. The second-order valence-corrected chi connectivity index (χ2v) is 6.47. The first kappa shape index (κ1) is 17.0. The predicted molar refractivity (Wildman–Crippen MR) is 102 cm³/mol. The summed E-state index contributed by atoms with van der Waals surface area (Å²) in [5.74, 6) is 0. The number of benzene rings is 3. The van der Waals surface area contributed by atoms with Crippen molar-refractivity contribution in [2.45, 2.75) is 18.3 Å². The first-order chi connectivity index (χ1) is 12.3. The smallest absolute Gasteiger partial charge is 0.207 e. The van der Waals surface area contributed by atoms with Gasteiger partial charge in [-0.25, -0.2) is 0 Å². The van der Waals surface area contributed by atoms with E-state index in [1.165, 1.54) is 16.7 Å². The van der Waals surface area contributed by atoms with Gasteiger partial charge in [0.2, 0.25) is 6.41 Å².